The molecule has 0 aliphatic rings. The third-order valence-corrected chi connectivity index (χ3v) is 3.27. The molecule has 0 N–H and O–H groups in total. The molecule has 6 heteroatoms. The van der Waals surface area contributed by atoms with Gasteiger partial charge in [-0.05, 0) is 18.2 Å². The van der Waals surface area contributed by atoms with Crippen LogP contribution in [-0.2, 0) is 9.84 Å². The van der Waals surface area contributed by atoms with Crippen LogP contribution >= 0.6 is 23.2 Å². The Bertz CT molecular complexity index is 489. The van der Waals surface area contributed by atoms with Crippen LogP contribution in [0.25, 0.3) is 0 Å². The summed E-state index contributed by atoms with van der Waals surface area (Å²) in [5, 5.41) is 0.713. The Labute approximate surface area is 104 Å². The van der Waals surface area contributed by atoms with Crippen molar-refractivity contribution in [3.05, 3.63) is 33.8 Å². The number of ketones is 1. The number of carbonyl (C=O) groups is 1. The molecule has 88 valence electrons. The van der Waals surface area contributed by atoms with E-state index in [0.29, 0.717) is 15.6 Å². The summed E-state index contributed by atoms with van der Waals surface area (Å²) in [6, 6.07) is 4.45. The lowest BCUT2D eigenvalue weighted by molar-refractivity contribution is 0.0989. The van der Waals surface area contributed by atoms with Crippen molar-refractivity contribution in [1.29, 1.82) is 0 Å². The molecule has 1 aromatic rings. The van der Waals surface area contributed by atoms with E-state index in [1.165, 1.54) is 18.2 Å². The highest BCUT2D eigenvalue weighted by molar-refractivity contribution is 7.90. The maximum atomic E-state index is 11.6. The molecule has 16 heavy (non-hydrogen) atoms. The Hall–Kier alpha value is -0.580. The van der Waals surface area contributed by atoms with Gasteiger partial charge in [-0.15, -0.1) is 0 Å². The topological polar surface area (TPSA) is 51.2 Å². The van der Waals surface area contributed by atoms with Crippen molar-refractivity contribution in [3.8, 4) is 0 Å². The molecule has 0 spiro atoms. The molecule has 0 aromatic heterocycles. The van der Waals surface area contributed by atoms with E-state index in [-0.39, 0.29) is 18.0 Å². The summed E-state index contributed by atoms with van der Waals surface area (Å²) in [6.07, 6.45) is 1.03. The number of sulfone groups is 1. The zero-order chi connectivity index (χ0) is 12.3. The number of hydrogen-bond acceptors (Lipinski definition) is 3. The first kappa shape index (κ1) is 13.5. The monoisotopic (exact) mass is 280 g/mol. The Morgan fingerprint density at radius 3 is 2.12 bits per heavy atom. The third-order valence-electron chi connectivity index (χ3n) is 1.88. The van der Waals surface area contributed by atoms with Crippen LogP contribution in [0, 0.1) is 0 Å². The first-order chi connectivity index (χ1) is 7.28. The zero-order valence-corrected chi connectivity index (χ0v) is 10.9. The van der Waals surface area contributed by atoms with E-state index in [1.807, 2.05) is 0 Å². The van der Waals surface area contributed by atoms with Crippen molar-refractivity contribution in [2.45, 2.75) is 6.42 Å². The minimum absolute atomic E-state index is 0.0600. The molecule has 0 radical (unpaired) electrons. The highest BCUT2D eigenvalue weighted by atomic mass is 35.5. The lowest BCUT2D eigenvalue weighted by atomic mass is 10.1. The van der Waals surface area contributed by atoms with Crippen LogP contribution in [-0.4, -0.2) is 26.2 Å². The van der Waals surface area contributed by atoms with E-state index in [9.17, 15) is 13.2 Å². The summed E-state index contributed by atoms with van der Waals surface area (Å²) in [7, 11) is -3.13. The van der Waals surface area contributed by atoms with Crippen LogP contribution in [0.3, 0.4) is 0 Å². The first-order valence-corrected chi connectivity index (χ1v) is 7.26. The van der Waals surface area contributed by atoms with Gasteiger partial charge in [-0.3, -0.25) is 4.79 Å². The quantitative estimate of drug-likeness (QED) is 0.797. The molecule has 0 unspecified atom stereocenters. The number of Topliss-reactive ketones (excluding diaryl/α,β-unsaturated/α-hetero) is 1. The van der Waals surface area contributed by atoms with Gasteiger partial charge in [0.15, 0.2) is 5.78 Å². The third kappa shape index (κ3) is 4.51. The summed E-state index contributed by atoms with van der Waals surface area (Å²) in [4.78, 5) is 11.6. The largest absolute Gasteiger partial charge is 0.294 e. The molecule has 0 heterocycles. The fourth-order valence-electron chi connectivity index (χ4n) is 1.14. The summed E-state index contributed by atoms with van der Waals surface area (Å²) in [5.74, 6) is -0.453. The van der Waals surface area contributed by atoms with Gasteiger partial charge in [0.25, 0.3) is 0 Å². The Morgan fingerprint density at radius 1 is 1.19 bits per heavy atom. The highest BCUT2D eigenvalue weighted by Gasteiger charge is 2.11. The predicted molar refractivity (Wildman–Crippen MR) is 65.1 cm³/mol. The van der Waals surface area contributed by atoms with E-state index in [1.54, 1.807) is 0 Å². The standard InChI is InChI=1S/C10H10Cl2O3S/c1-16(14,15)3-2-10(13)7-4-8(11)6-9(12)5-7/h4-6H,2-3H2,1H3. The molecule has 0 aliphatic heterocycles. The van der Waals surface area contributed by atoms with Crippen molar-refractivity contribution in [2.24, 2.45) is 0 Å². The zero-order valence-electron chi connectivity index (χ0n) is 8.54. The fraction of sp³-hybridized carbons (Fsp3) is 0.300. The lowest BCUT2D eigenvalue weighted by Crippen LogP contribution is -2.09. The molecule has 0 saturated heterocycles. The molecule has 0 amide bonds. The van der Waals surface area contributed by atoms with Gasteiger partial charge in [-0.2, -0.15) is 0 Å². The van der Waals surface area contributed by atoms with Crippen LogP contribution in [0.4, 0.5) is 0 Å². The second-order valence-electron chi connectivity index (χ2n) is 3.46. The number of carbonyl (C=O) groups excluding carboxylic acids is 1. The average molecular weight is 281 g/mol. The van der Waals surface area contributed by atoms with Crippen LogP contribution in [0.5, 0.6) is 0 Å². The van der Waals surface area contributed by atoms with E-state index in [4.69, 9.17) is 23.2 Å². The molecule has 0 fully saturated rings. The van der Waals surface area contributed by atoms with Crippen molar-refractivity contribution < 1.29 is 13.2 Å². The molecule has 3 nitrogen and oxygen atoms in total. The molecule has 0 atom stereocenters. The maximum absolute atomic E-state index is 11.6. The van der Waals surface area contributed by atoms with Crippen LogP contribution in [0.15, 0.2) is 18.2 Å². The molecule has 1 aromatic carbocycles. The molecule has 0 aliphatic carbocycles. The van der Waals surface area contributed by atoms with Gasteiger partial charge in [-0.1, -0.05) is 23.2 Å². The van der Waals surface area contributed by atoms with Crippen LogP contribution in [0.1, 0.15) is 16.8 Å². The van der Waals surface area contributed by atoms with E-state index in [0.717, 1.165) is 6.26 Å². The SMILES string of the molecule is CS(=O)(=O)CCC(=O)c1cc(Cl)cc(Cl)c1. The van der Waals surface area contributed by atoms with Crippen LogP contribution in [0.2, 0.25) is 10.0 Å². The fourth-order valence-corrected chi connectivity index (χ4v) is 2.22. The Morgan fingerprint density at radius 2 is 1.69 bits per heavy atom. The normalized spacial score (nSPS) is 11.4. The van der Waals surface area contributed by atoms with Gasteiger partial charge < -0.3 is 0 Å². The minimum Gasteiger partial charge on any atom is -0.294 e. The lowest BCUT2D eigenvalue weighted by Gasteiger charge is -2.02. The first-order valence-electron chi connectivity index (χ1n) is 4.45. The van der Waals surface area contributed by atoms with Crippen molar-refractivity contribution in [3.63, 3.8) is 0 Å². The number of rotatable bonds is 4. The van der Waals surface area contributed by atoms with Gasteiger partial charge in [0.1, 0.15) is 9.84 Å². The second kappa shape index (κ2) is 5.17. The summed E-state index contributed by atoms with van der Waals surface area (Å²) < 4.78 is 21.8. The van der Waals surface area contributed by atoms with Crippen molar-refractivity contribution in [2.75, 3.05) is 12.0 Å². The van der Waals surface area contributed by atoms with Gasteiger partial charge in [0, 0.05) is 28.3 Å². The molecular weight excluding hydrogens is 271 g/mol. The Balaban J connectivity index is 2.81. The maximum Gasteiger partial charge on any atom is 0.163 e. The summed E-state index contributed by atoms with van der Waals surface area (Å²) in [5.41, 5.74) is 0.334. The number of benzene rings is 1. The molecule has 0 saturated carbocycles. The van der Waals surface area contributed by atoms with Gasteiger partial charge >= 0.3 is 0 Å². The average Bonchev–Trinajstić information content (AvgIpc) is 2.11. The smallest absolute Gasteiger partial charge is 0.163 e. The van der Waals surface area contributed by atoms with Crippen molar-refractivity contribution >= 4 is 38.8 Å². The molecular formula is C10H10Cl2O3S. The summed E-state index contributed by atoms with van der Waals surface area (Å²) >= 11 is 11.5. The highest BCUT2D eigenvalue weighted by Crippen LogP contribution is 2.20. The van der Waals surface area contributed by atoms with E-state index in [2.05, 4.69) is 0 Å². The van der Waals surface area contributed by atoms with E-state index < -0.39 is 9.84 Å². The number of hydrogen-bond donors (Lipinski definition) is 0. The molecule has 0 bridgehead atoms. The van der Waals surface area contributed by atoms with Crippen molar-refractivity contribution in [1.82, 2.24) is 0 Å². The predicted octanol–water partition coefficient (Wildman–Crippen LogP) is 2.61. The van der Waals surface area contributed by atoms with Gasteiger partial charge in [0.2, 0.25) is 0 Å². The minimum atomic E-state index is -3.13. The Kier molecular flexibility index (Phi) is 4.35. The van der Waals surface area contributed by atoms with Gasteiger partial charge in [-0.25, -0.2) is 8.42 Å². The van der Waals surface area contributed by atoms with Gasteiger partial charge in [0.05, 0.1) is 5.75 Å². The second-order valence-corrected chi connectivity index (χ2v) is 6.59. The summed E-state index contributed by atoms with van der Waals surface area (Å²) in [6.45, 7) is 0. The van der Waals surface area contributed by atoms with E-state index >= 15 is 0 Å². The molecule has 1 rings (SSSR count). The van der Waals surface area contributed by atoms with Crippen LogP contribution < -0.4 is 0 Å². The number of halogens is 2.